The van der Waals surface area contributed by atoms with Crippen molar-refractivity contribution in [2.45, 2.75) is 12.5 Å². The maximum Gasteiger partial charge on any atom is 0.328 e. The molecule has 1 rings (SSSR count). The summed E-state index contributed by atoms with van der Waals surface area (Å²) in [6.45, 7) is 0. The van der Waals surface area contributed by atoms with Crippen molar-refractivity contribution in [1.29, 1.82) is 0 Å². The fraction of sp³-hybridized carbons (Fsp3) is 0.267. The van der Waals surface area contributed by atoms with Gasteiger partial charge in [0.05, 0.1) is 20.6 Å². The molecule has 6 nitrogen and oxygen atoms in total. The third kappa shape index (κ3) is 5.90. The molecule has 0 saturated carbocycles. The monoisotopic (exact) mass is 291 g/mol. The topological polar surface area (TPSA) is 81.7 Å². The van der Waals surface area contributed by atoms with E-state index < -0.39 is 23.9 Å². The van der Waals surface area contributed by atoms with Crippen LogP contribution in [0.15, 0.2) is 36.4 Å². The molecular weight excluding hydrogens is 274 g/mol. The van der Waals surface area contributed by atoms with Crippen molar-refractivity contribution in [3.63, 3.8) is 0 Å². The average Bonchev–Trinajstić information content (AvgIpc) is 2.52. The van der Waals surface area contributed by atoms with E-state index >= 15 is 0 Å². The van der Waals surface area contributed by atoms with E-state index in [-0.39, 0.29) is 6.42 Å². The van der Waals surface area contributed by atoms with Gasteiger partial charge in [-0.15, -0.1) is 0 Å². The van der Waals surface area contributed by atoms with E-state index in [1.165, 1.54) is 20.3 Å². The van der Waals surface area contributed by atoms with Gasteiger partial charge in [-0.2, -0.15) is 0 Å². The molecule has 21 heavy (non-hydrogen) atoms. The fourth-order valence-corrected chi connectivity index (χ4v) is 1.54. The Bertz CT molecular complexity index is 524. The van der Waals surface area contributed by atoms with Crippen LogP contribution in [-0.4, -0.2) is 38.1 Å². The molecule has 1 aromatic rings. The van der Waals surface area contributed by atoms with Crippen LogP contribution in [0.3, 0.4) is 0 Å². The van der Waals surface area contributed by atoms with Gasteiger partial charge in [-0.05, 0) is 11.6 Å². The minimum Gasteiger partial charge on any atom is -0.469 e. The summed E-state index contributed by atoms with van der Waals surface area (Å²) in [5.74, 6) is -1.82. The number of methoxy groups -OCH3 is 2. The van der Waals surface area contributed by atoms with E-state index in [0.717, 1.165) is 5.56 Å². The molecule has 1 unspecified atom stereocenters. The Morgan fingerprint density at radius 3 is 2.38 bits per heavy atom. The van der Waals surface area contributed by atoms with Crippen LogP contribution >= 0.6 is 0 Å². The first-order valence-corrected chi connectivity index (χ1v) is 6.25. The Morgan fingerprint density at radius 1 is 1.14 bits per heavy atom. The third-order valence-corrected chi connectivity index (χ3v) is 2.63. The number of rotatable bonds is 6. The minimum absolute atomic E-state index is 0.284. The van der Waals surface area contributed by atoms with Crippen molar-refractivity contribution < 1.29 is 23.9 Å². The van der Waals surface area contributed by atoms with Crippen molar-refractivity contribution >= 4 is 23.9 Å². The van der Waals surface area contributed by atoms with Crippen LogP contribution in [0.5, 0.6) is 0 Å². The fourth-order valence-electron chi connectivity index (χ4n) is 1.54. The van der Waals surface area contributed by atoms with Gasteiger partial charge in [0.15, 0.2) is 0 Å². The quantitative estimate of drug-likeness (QED) is 0.622. The normalized spacial score (nSPS) is 11.7. The molecule has 0 aliphatic carbocycles. The highest BCUT2D eigenvalue weighted by Crippen LogP contribution is 2.02. The van der Waals surface area contributed by atoms with Gasteiger partial charge in [0.2, 0.25) is 5.91 Å². The minimum atomic E-state index is -1.07. The van der Waals surface area contributed by atoms with Gasteiger partial charge in [-0.25, -0.2) is 4.79 Å². The largest absolute Gasteiger partial charge is 0.469 e. The van der Waals surface area contributed by atoms with E-state index in [1.54, 1.807) is 6.08 Å². The summed E-state index contributed by atoms with van der Waals surface area (Å²) in [6.07, 6.45) is 2.60. The predicted molar refractivity (Wildman–Crippen MR) is 76.1 cm³/mol. The average molecular weight is 291 g/mol. The van der Waals surface area contributed by atoms with Crippen LogP contribution in [0.4, 0.5) is 0 Å². The molecule has 0 aliphatic heterocycles. The maximum absolute atomic E-state index is 11.8. The SMILES string of the molecule is COC(=O)CC(NC(=O)/C=C/c1ccccc1)C(=O)OC. The van der Waals surface area contributed by atoms with Crippen LogP contribution in [0, 0.1) is 0 Å². The second-order valence-electron chi connectivity index (χ2n) is 4.11. The van der Waals surface area contributed by atoms with E-state index in [9.17, 15) is 14.4 Å². The molecule has 1 amide bonds. The zero-order valence-corrected chi connectivity index (χ0v) is 11.9. The summed E-state index contributed by atoms with van der Waals surface area (Å²) in [5, 5.41) is 2.40. The molecule has 0 aliphatic rings. The van der Waals surface area contributed by atoms with E-state index in [0.29, 0.717) is 0 Å². The van der Waals surface area contributed by atoms with Crippen LogP contribution in [0.1, 0.15) is 12.0 Å². The van der Waals surface area contributed by atoms with Crippen LogP contribution in [0.25, 0.3) is 6.08 Å². The van der Waals surface area contributed by atoms with Crippen molar-refractivity contribution in [3.05, 3.63) is 42.0 Å². The van der Waals surface area contributed by atoms with Gasteiger partial charge in [0, 0.05) is 6.08 Å². The number of hydrogen-bond donors (Lipinski definition) is 1. The molecule has 1 atom stereocenters. The molecular formula is C15H17NO5. The highest BCUT2D eigenvalue weighted by Gasteiger charge is 2.24. The van der Waals surface area contributed by atoms with Crippen molar-refractivity contribution in [2.75, 3.05) is 14.2 Å². The van der Waals surface area contributed by atoms with Crippen LogP contribution < -0.4 is 5.32 Å². The molecule has 1 N–H and O–H groups in total. The number of hydrogen-bond acceptors (Lipinski definition) is 5. The standard InChI is InChI=1S/C15H17NO5/c1-20-14(18)10-12(15(19)21-2)16-13(17)9-8-11-6-4-3-5-7-11/h3-9,12H,10H2,1-2H3,(H,16,17)/b9-8+. The summed E-state index contributed by atoms with van der Waals surface area (Å²) < 4.78 is 9.01. The van der Waals surface area contributed by atoms with E-state index in [4.69, 9.17) is 0 Å². The number of nitrogens with one attached hydrogen (secondary N) is 1. The number of esters is 2. The van der Waals surface area contributed by atoms with E-state index in [2.05, 4.69) is 14.8 Å². The Hall–Kier alpha value is -2.63. The zero-order chi connectivity index (χ0) is 15.7. The van der Waals surface area contributed by atoms with Gasteiger partial charge in [0.25, 0.3) is 0 Å². The molecule has 112 valence electrons. The highest BCUT2D eigenvalue weighted by atomic mass is 16.5. The molecule has 0 heterocycles. The number of carbonyl (C=O) groups is 3. The summed E-state index contributed by atoms with van der Waals surface area (Å²) in [6, 6.07) is 8.13. The lowest BCUT2D eigenvalue weighted by atomic mass is 10.2. The van der Waals surface area contributed by atoms with Crippen molar-refractivity contribution in [3.8, 4) is 0 Å². The lowest BCUT2D eigenvalue weighted by Gasteiger charge is -2.13. The number of carbonyl (C=O) groups excluding carboxylic acids is 3. The number of amides is 1. The van der Waals surface area contributed by atoms with Gasteiger partial charge < -0.3 is 14.8 Å². The third-order valence-electron chi connectivity index (χ3n) is 2.63. The maximum atomic E-state index is 11.8. The molecule has 0 bridgehead atoms. The molecule has 0 fully saturated rings. The molecule has 0 spiro atoms. The second-order valence-corrected chi connectivity index (χ2v) is 4.11. The van der Waals surface area contributed by atoms with Gasteiger partial charge in [-0.1, -0.05) is 30.3 Å². The molecule has 1 aromatic carbocycles. The molecule has 0 radical (unpaired) electrons. The Kier molecular flexibility index (Phi) is 6.67. The summed E-state index contributed by atoms with van der Waals surface area (Å²) >= 11 is 0. The first kappa shape index (κ1) is 16.4. The van der Waals surface area contributed by atoms with Gasteiger partial charge >= 0.3 is 11.9 Å². The molecule has 0 aromatic heterocycles. The molecule has 0 saturated heterocycles. The van der Waals surface area contributed by atoms with Crippen molar-refractivity contribution in [2.24, 2.45) is 0 Å². The van der Waals surface area contributed by atoms with Crippen LogP contribution in [0.2, 0.25) is 0 Å². The lowest BCUT2D eigenvalue weighted by molar-refractivity contribution is -0.150. The number of ether oxygens (including phenoxy) is 2. The number of benzene rings is 1. The first-order chi connectivity index (χ1) is 10.1. The van der Waals surface area contributed by atoms with E-state index in [1.807, 2.05) is 30.3 Å². The van der Waals surface area contributed by atoms with Crippen molar-refractivity contribution in [1.82, 2.24) is 5.32 Å². The molecule has 6 heteroatoms. The van der Waals surface area contributed by atoms with Gasteiger partial charge in [0.1, 0.15) is 6.04 Å². The zero-order valence-electron chi connectivity index (χ0n) is 11.9. The second kappa shape index (κ2) is 8.52. The summed E-state index contributed by atoms with van der Waals surface area (Å²) in [7, 11) is 2.38. The Labute approximate surface area is 122 Å². The highest BCUT2D eigenvalue weighted by molar-refractivity contribution is 5.95. The Morgan fingerprint density at radius 2 is 1.81 bits per heavy atom. The Balaban J connectivity index is 2.65. The predicted octanol–water partition coefficient (Wildman–Crippen LogP) is 0.921. The summed E-state index contributed by atoms with van der Waals surface area (Å²) in [4.78, 5) is 34.5. The smallest absolute Gasteiger partial charge is 0.328 e. The summed E-state index contributed by atoms with van der Waals surface area (Å²) in [5.41, 5.74) is 0.843. The van der Waals surface area contributed by atoms with Gasteiger partial charge in [-0.3, -0.25) is 9.59 Å². The van der Waals surface area contributed by atoms with Crippen LogP contribution in [-0.2, 0) is 23.9 Å². The first-order valence-electron chi connectivity index (χ1n) is 6.25. The lowest BCUT2D eigenvalue weighted by Crippen LogP contribution is -2.42.